The summed E-state index contributed by atoms with van der Waals surface area (Å²) in [6.07, 6.45) is 0.809. The summed E-state index contributed by atoms with van der Waals surface area (Å²) in [6, 6.07) is 14.4. The summed E-state index contributed by atoms with van der Waals surface area (Å²) >= 11 is 0. The van der Waals surface area contributed by atoms with Gasteiger partial charge >= 0.3 is 0 Å². The number of amides is 2. The quantitative estimate of drug-likeness (QED) is 0.881. The molecule has 1 N–H and O–H groups in total. The zero-order valence-electron chi connectivity index (χ0n) is 15.8. The highest BCUT2D eigenvalue weighted by Gasteiger charge is 2.42. The van der Waals surface area contributed by atoms with Crippen molar-refractivity contribution in [3.63, 3.8) is 0 Å². The first kappa shape index (κ1) is 18.8. The first-order chi connectivity index (χ1) is 13.1. The largest absolute Gasteiger partial charge is 0.497 e. The molecule has 1 heterocycles. The van der Waals surface area contributed by atoms with Gasteiger partial charge in [0.05, 0.1) is 26.2 Å². The van der Waals surface area contributed by atoms with E-state index in [1.165, 1.54) is 0 Å². The van der Waals surface area contributed by atoms with E-state index in [0.29, 0.717) is 24.3 Å². The Labute approximate surface area is 159 Å². The number of nitrogens with one attached hydrogen (secondary N) is 1. The van der Waals surface area contributed by atoms with Gasteiger partial charge in [-0.25, -0.2) is 0 Å². The molecule has 1 aliphatic heterocycles. The summed E-state index contributed by atoms with van der Waals surface area (Å²) in [7, 11) is 4.81. The van der Waals surface area contributed by atoms with Gasteiger partial charge in [-0.1, -0.05) is 18.2 Å². The van der Waals surface area contributed by atoms with Crippen LogP contribution in [0.2, 0.25) is 0 Å². The molecule has 1 saturated heterocycles. The molecule has 6 nitrogen and oxygen atoms in total. The van der Waals surface area contributed by atoms with Gasteiger partial charge in [-0.3, -0.25) is 9.59 Å². The van der Waals surface area contributed by atoms with Crippen LogP contribution >= 0.6 is 0 Å². The highest BCUT2D eigenvalue weighted by atomic mass is 16.5. The molecule has 2 atom stereocenters. The average Bonchev–Trinajstić information content (AvgIpc) is 2.73. The topological polar surface area (TPSA) is 67.9 Å². The molecule has 3 rings (SSSR count). The lowest BCUT2D eigenvalue weighted by atomic mass is 9.82. The van der Waals surface area contributed by atoms with Crippen molar-refractivity contribution >= 4 is 17.5 Å². The maximum atomic E-state index is 12.9. The van der Waals surface area contributed by atoms with Crippen LogP contribution in [-0.4, -0.2) is 33.1 Å². The molecule has 2 unspecified atom stereocenters. The smallest absolute Gasteiger partial charge is 0.227 e. The number of rotatable bonds is 5. The summed E-state index contributed by atoms with van der Waals surface area (Å²) in [5.41, 5.74) is 1.54. The van der Waals surface area contributed by atoms with Crippen LogP contribution < -0.4 is 19.7 Å². The van der Waals surface area contributed by atoms with E-state index in [4.69, 9.17) is 9.47 Å². The molecule has 0 spiro atoms. The van der Waals surface area contributed by atoms with Crippen molar-refractivity contribution in [1.29, 1.82) is 0 Å². The van der Waals surface area contributed by atoms with Gasteiger partial charge in [0, 0.05) is 24.7 Å². The lowest BCUT2D eigenvalue weighted by Gasteiger charge is -2.41. The highest BCUT2D eigenvalue weighted by molar-refractivity contribution is 5.97. The normalized spacial score (nSPS) is 19.5. The molecule has 0 aromatic heterocycles. The third-order valence-electron chi connectivity index (χ3n) is 4.99. The predicted octanol–water partition coefficient (Wildman–Crippen LogP) is 2.93. The Balaban J connectivity index is 2.13. The Hall–Kier alpha value is -3.02. The number of methoxy groups -OCH3 is 2. The van der Waals surface area contributed by atoms with Crippen LogP contribution in [0.4, 0.5) is 5.69 Å². The van der Waals surface area contributed by atoms with Crippen LogP contribution in [0.1, 0.15) is 24.4 Å². The predicted molar refractivity (Wildman–Crippen MR) is 103 cm³/mol. The minimum Gasteiger partial charge on any atom is -0.497 e. The Morgan fingerprint density at radius 3 is 2.41 bits per heavy atom. The van der Waals surface area contributed by atoms with Crippen LogP contribution in [0.25, 0.3) is 0 Å². The lowest BCUT2D eigenvalue weighted by molar-refractivity contribution is -0.128. The summed E-state index contributed by atoms with van der Waals surface area (Å²) in [6.45, 7) is 0. The molecule has 27 heavy (non-hydrogen) atoms. The SMILES string of the molecule is CNC(=O)C1CCC(=O)N(c2ccc(OC)cc2)C1c1ccccc1OC. The van der Waals surface area contributed by atoms with E-state index in [1.54, 1.807) is 26.2 Å². The fourth-order valence-electron chi connectivity index (χ4n) is 3.67. The number of carbonyl (C=O) groups excluding carboxylic acids is 2. The number of hydrogen-bond donors (Lipinski definition) is 1. The Morgan fingerprint density at radius 2 is 1.78 bits per heavy atom. The summed E-state index contributed by atoms with van der Waals surface area (Å²) < 4.78 is 10.7. The minimum absolute atomic E-state index is 0.0174. The first-order valence-corrected chi connectivity index (χ1v) is 8.91. The Bertz CT molecular complexity index is 819. The maximum absolute atomic E-state index is 12.9. The van der Waals surface area contributed by atoms with Crippen molar-refractivity contribution < 1.29 is 19.1 Å². The Kier molecular flexibility index (Phi) is 5.64. The van der Waals surface area contributed by atoms with Crippen LogP contribution in [0, 0.1) is 5.92 Å². The highest BCUT2D eigenvalue weighted by Crippen LogP contribution is 2.43. The minimum atomic E-state index is -0.448. The van der Waals surface area contributed by atoms with Gasteiger partial charge in [-0.05, 0) is 36.8 Å². The van der Waals surface area contributed by atoms with Crippen LogP contribution in [-0.2, 0) is 9.59 Å². The van der Waals surface area contributed by atoms with Gasteiger partial charge < -0.3 is 19.7 Å². The molecule has 2 amide bonds. The molecule has 1 aliphatic rings. The van der Waals surface area contributed by atoms with Gasteiger partial charge in [-0.15, -0.1) is 0 Å². The Morgan fingerprint density at radius 1 is 1.07 bits per heavy atom. The first-order valence-electron chi connectivity index (χ1n) is 8.91. The standard InChI is InChI=1S/C21H24N2O4/c1-22-21(25)17-12-13-19(24)23(14-8-10-15(26-2)11-9-14)20(17)16-6-4-5-7-18(16)27-3/h4-11,17,20H,12-13H2,1-3H3,(H,22,25). The van der Waals surface area contributed by atoms with Crippen molar-refractivity contribution in [3.05, 3.63) is 54.1 Å². The molecule has 1 fully saturated rings. The van der Waals surface area contributed by atoms with E-state index >= 15 is 0 Å². The van der Waals surface area contributed by atoms with Crippen LogP contribution in [0.5, 0.6) is 11.5 Å². The molecule has 0 saturated carbocycles. The van der Waals surface area contributed by atoms with Gasteiger partial charge in [0.2, 0.25) is 11.8 Å². The molecule has 0 radical (unpaired) electrons. The molecule has 2 aromatic rings. The number of piperidine rings is 1. The van der Waals surface area contributed by atoms with Crippen LogP contribution in [0.15, 0.2) is 48.5 Å². The van der Waals surface area contributed by atoms with Crippen molar-refractivity contribution in [3.8, 4) is 11.5 Å². The summed E-state index contributed by atoms with van der Waals surface area (Å²) in [5.74, 6) is 0.892. The fraction of sp³-hybridized carbons (Fsp3) is 0.333. The number of hydrogen-bond acceptors (Lipinski definition) is 4. The summed E-state index contributed by atoms with van der Waals surface area (Å²) in [5, 5.41) is 2.74. The van der Waals surface area contributed by atoms with Gasteiger partial charge in [-0.2, -0.15) is 0 Å². The molecule has 0 bridgehead atoms. The lowest BCUT2D eigenvalue weighted by Crippen LogP contribution is -2.47. The van der Waals surface area contributed by atoms with Crippen molar-refractivity contribution in [2.75, 3.05) is 26.2 Å². The number of anilines is 1. The molecular weight excluding hydrogens is 344 g/mol. The second-order valence-corrected chi connectivity index (χ2v) is 6.41. The number of ether oxygens (including phenoxy) is 2. The molecule has 0 aliphatic carbocycles. The van der Waals surface area contributed by atoms with Crippen molar-refractivity contribution in [2.24, 2.45) is 5.92 Å². The second-order valence-electron chi connectivity index (χ2n) is 6.41. The zero-order chi connectivity index (χ0) is 19.4. The second kappa shape index (κ2) is 8.12. The number of para-hydroxylation sites is 1. The van der Waals surface area contributed by atoms with E-state index < -0.39 is 6.04 Å². The zero-order valence-corrected chi connectivity index (χ0v) is 15.8. The monoisotopic (exact) mass is 368 g/mol. The van der Waals surface area contributed by atoms with E-state index in [9.17, 15) is 9.59 Å². The molecule has 2 aromatic carbocycles. The van der Waals surface area contributed by atoms with E-state index in [-0.39, 0.29) is 17.7 Å². The van der Waals surface area contributed by atoms with Crippen molar-refractivity contribution in [1.82, 2.24) is 5.32 Å². The van der Waals surface area contributed by atoms with E-state index in [0.717, 1.165) is 11.3 Å². The maximum Gasteiger partial charge on any atom is 0.227 e. The van der Waals surface area contributed by atoms with Crippen LogP contribution in [0.3, 0.4) is 0 Å². The third-order valence-corrected chi connectivity index (χ3v) is 4.99. The molecule has 6 heteroatoms. The molecule has 142 valence electrons. The van der Waals surface area contributed by atoms with Gasteiger partial charge in [0.1, 0.15) is 11.5 Å². The molecular formula is C21H24N2O4. The number of nitrogens with zero attached hydrogens (tertiary/aromatic N) is 1. The number of benzene rings is 2. The van der Waals surface area contributed by atoms with E-state index in [2.05, 4.69) is 5.32 Å². The van der Waals surface area contributed by atoms with Gasteiger partial charge in [0.25, 0.3) is 0 Å². The van der Waals surface area contributed by atoms with Gasteiger partial charge in [0.15, 0.2) is 0 Å². The van der Waals surface area contributed by atoms with Crippen molar-refractivity contribution in [2.45, 2.75) is 18.9 Å². The van der Waals surface area contributed by atoms with E-state index in [1.807, 2.05) is 48.5 Å². The fourth-order valence-corrected chi connectivity index (χ4v) is 3.67. The third kappa shape index (κ3) is 3.60. The number of carbonyl (C=O) groups is 2. The summed E-state index contributed by atoms with van der Waals surface area (Å²) in [4.78, 5) is 27.2. The average molecular weight is 368 g/mol.